The zero-order valence-corrected chi connectivity index (χ0v) is 11.8. The van der Waals surface area contributed by atoms with E-state index in [1.54, 1.807) is 0 Å². The Hall–Kier alpha value is 0.0764. The van der Waals surface area contributed by atoms with Crippen LogP contribution in [-0.2, 0) is 0 Å². The van der Waals surface area contributed by atoms with E-state index in [1.165, 1.54) is 16.7 Å². The summed E-state index contributed by atoms with van der Waals surface area (Å²) in [5, 5.41) is 0. The molecule has 2 rings (SSSR count). The van der Waals surface area contributed by atoms with Crippen LogP contribution >= 0.6 is 0 Å². The van der Waals surface area contributed by atoms with Gasteiger partial charge in [0.25, 0.3) is 0 Å². The van der Waals surface area contributed by atoms with Gasteiger partial charge in [-0.3, -0.25) is 0 Å². The molecule has 14 heavy (non-hydrogen) atoms. The van der Waals surface area contributed by atoms with Crippen LogP contribution in [0.2, 0.25) is 0 Å². The van der Waals surface area contributed by atoms with E-state index in [0.29, 0.717) is 0 Å². The molecule has 0 fully saturated rings. The molecule has 0 amide bonds. The molecule has 1 heteroatoms. The maximum atomic E-state index is 2.16. The zero-order chi connectivity index (χ0) is 9.10. The molecule has 0 nitrogen and oxygen atoms in total. The van der Waals surface area contributed by atoms with E-state index in [9.17, 15) is 0 Å². The second-order valence-corrected chi connectivity index (χ2v) is 3.23. The van der Waals surface area contributed by atoms with E-state index < -0.39 is 0 Å². The van der Waals surface area contributed by atoms with Crippen molar-refractivity contribution in [2.75, 3.05) is 0 Å². The van der Waals surface area contributed by atoms with Crippen LogP contribution in [0.15, 0.2) is 54.6 Å². The average molecular weight is 208 g/mol. The largest absolute Gasteiger partial charge is 1.00 e. The third-order valence-corrected chi connectivity index (χ3v) is 2.16. The first-order valence-electron chi connectivity index (χ1n) is 4.48. The molecule has 2 aromatic rings. The van der Waals surface area contributed by atoms with Crippen LogP contribution in [0.3, 0.4) is 0 Å². The van der Waals surface area contributed by atoms with Crippen LogP contribution in [-0.4, -0.2) is 0 Å². The quantitative estimate of drug-likeness (QED) is 0.608. The first-order valence-corrected chi connectivity index (χ1v) is 4.48. The van der Waals surface area contributed by atoms with E-state index in [-0.39, 0.29) is 52.8 Å². The van der Waals surface area contributed by atoms with E-state index in [0.717, 1.165) is 0 Å². The smallest absolute Gasteiger partial charge is 1.00 e. The molecule has 0 atom stereocenters. The summed E-state index contributed by atoms with van der Waals surface area (Å²) in [6, 6.07) is 19.0. The van der Waals surface area contributed by atoms with Gasteiger partial charge in [-0.2, -0.15) is 0 Å². The third-order valence-electron chi connectivity index (χ3n) is 2.16. The minimum Gasteiger partial charge on any atom is -1.00 e. The Bertz CT molecular complexity index is 381. The Balaban J connectivity index is 0.000000980. The van der Waals surface area contributed by atoms with Gasteiger partial charge >= 0.3 is 51.4 Å². The number of benzene rings is 2. The average Bonchev–Trinajstić information content (AvgIpc) is 2.20. The van der Waals surface area contributed by atoms with Gasteiger partial charge in [-0.1, -0.05) is 60.2 Å². The predicted molar refractivity (Wildman–Crippen MR) is 57.7 cm³/mol. The second kappa shape index (κ2) is 5.84. The summed E-state index contributed by atoms with van der Waals surface area (Å²) in [4.78, 5) is 0. The van der Waals surface area contributed by atoms with Gasteiger partial charge in [0.15, 0.2) is 0 Å². The second-order valence-electron chi connectivity index (χ2n) is 3.23. The van der Waals surface area contributed by atoms with Crippen LogP contribution in [0.25, 0.3) is 11.1 Å². The molecule has 0 saturated heterocycles. The minimum atomic E-state index is 0. The molecule has 0 unspecified atom stereocenters. The molecule has 0 radical (unpaired) electrons. The Kier molecular flexibility index (Phi) is 5.06. The molecular weight excluding hydrogens is 195 g/mol. The van der Waals surface area contributed by atoms with Crippen molar-refractivity contribution >= 4 is 0 Å². The summed E-state index contributed by atoms with van der Waals surface area (Å²) in [7, 11) is 0. The molecular formula is C13H13K. The summed E-state index contributed by atoms with van der Waals surface area (Å²) < 4.78 is 0. The van der Waals surface area contributed by atoms with Crippen LogP contribution in [0, 0.1) is 6.92 Å². The zero-order valence-electron chi connectivity index (χ0n) is 9.70. The minimum absolute atomic E-state index is 0. The molecule has 66 valence electrons. The summed E-state index contributed by atoms with van der Waals surface area (Å²) >= 11 is 0. The number of hydrogen-bond donors (Lipinski definition) is 0. The molecule has 0 aliphatic heterocycles. The standard InChI is InChI=1S/C13H12.K.H/c1-11-7-9-13(10-8-11)12-5-3-2-4-6-12;;/h2-10H,1H3;;/q;+1;-1. The van der Waals surface area contributed by atoms with Crippen molar-refractivity contribution < 1.29 is 52.8 Å². The molecule has 0 N–H and O–H groups in total. The van der Waals surface area contributed by atoms with Crippen molar-refractivity contribution in [2.24, 2.45) is 0 Å². The van der Waals surface area contributed by atoms with Crippen LogP contribution in [0.1, 0.15) is 6.99 Å². The predicted octanol–water partition coefficient (Wildman–Crippen LogP) is 0.779. The topological polar surface area (TPSA) is 0 Å². The Morgan fingerprint density at radius 1 is 0.714 bits per heavy atom. The molecule has 2 aromatic carbocycles. The Morgan fingerprint density at radius 2 is 1.21 bits per heavy atom. The Morgan fingerprint density at radius 3 is 1.79 bits per heavy atom. The van der Waals surface area contributed by atoms with E-state index in [1.807, 2.05) is 6.07 Å². The molecule has 0 aliphatic rings. The first kappa shape index (κ1) is 12.1. The van der Waals surface area contributed by atoms with Gasteiger partial charge in [-0.15, -0.1) is 0 Å². The van der Waals surface area contributed by atoms with Crippen molar-refractivity contribution in [2.45, 2.75) is 6.92 Å². The molecule has 0 saturated carbocycles. The van der Waals surface area contributed by atoms with Crippen LogP contribution in [0.4, 0.5) is 0 Å². The Labute approximate surface area is 129 Å². The van der Waals surface area contributed by atoms with E-state index >= 15 is 0 Å². The fraction of sp³-hybridized carbons (Fsp3) is 0.0769. The fourth-order valence-electron chi connectivity index (χ4n) is 1.38. The van der Waals surface area contributed by atoms with E-state index in [2.05, 4.69) is 55.5 Å². The van der Waals surface area contributed by atoms with Crippen molar-refractivity contribution in [1.82, 2.24) is 0 Å². The van der Waals surface area contributed by atoms with Crippen molar-refractivity contribution in [3.8, 4) is 11.1 Å². The van der Waals surface area contributed by atoms with Gasteiger partial charge in [0, 0.05) is 0 Å². The molecule has 0 spiro atoms. The van der Waals surface area contributed by atoms with Crippen LogP contribution < -0.4 is 51.4 Å². The number of hydrogen-bond acceptors (Lipinski definition) is 0. The summed E-state index contributed by atoms with van der Waals surface area (Å²) in [5.41, 5.74) is 3.87. The maximum Gasteiger partial charge on any atom is 1.00 e. The summed E-state index contributed by atoms with van der Waals surface area (Å²) in [6.45, 7) is 2.11. The molecule has 0 aliphatic carbocycles. The first-order chi connectivity index (χ1) is 6.36. The normalized spacial score (nSPS) is 9.21. The maximum absolute atomic E-state index is 2.16. The van der Waals surface area contributed by atoms with Crippen molar-refractivity contribution in [1.29, 1.82) is 0 Å². The van der Waals surface area contributed by atoms with Crippen molar-refractivity contribution in [3.05, 3.63) is 60.2 Å². The number of aryl methyl sites for hydroxylation is 1. The molecule has 0 heterocycles. The van der Waals surface area contributed by atoms with Crippen molar-refractivity contribution in [3.63, 3.8) is 0 Å². The summed E-state index contributed by atoms with van der Waals surface area (Å²) in [5.74, 6) is 0. The van der Waals surface area contributed by atoms with Gasteiger partial charge in [0.05, 0.1) is 0 Å². The number of rotatable bonds is 1. The summed E-state index contributed by atoms with van der Waals surface area (Å²) in [6.07, 6.45) is 0. The third kappa shape index (κ3) is 3.04. The van der Waals surface area contributed by atoms with Gasteiger partial charge in [0.1, 0.15) is 0 Å². The molecule has 0 aromatic heterocycles. The van der Waals surface area contributed by atoms with E-state index in [4.69, 9.17) is 0 Å². The van der Waals surface area contributed by atoms with Gasteiger partial charge in [0.2, 0.25) is 0 Å². The van der Waals surface area contributed by atoms with Gasteiger partial charge < -0.3 is 1.43 Å². The SMILES string of the molecule is Cc1ccc(-c2ccccc2)cc1.[H-].[K+]. The van der Waals surface area contributed by atoms with Crippen LogP contribution in [0.5, 0.6) is 0 Å². The fourth-order valence-corrected chi connectivity index (χ4v) is 1.38. The van der Waals surface area contributed by atoms with Gasteiger partial charge in [-0.25, -0.2) is 0 Å². The monoisotopic (exact) mass is 208 g/mol. The molecule has 0 bridgehead atoms. The van der Waals surface area contributed by atoms with Gasteiger partial charge in [-0.05, 0) is 18.1 Å².